The summed E-state index contributed by atoms with van der Waals surface area (Å²) in [7, 11) is 0. The molecule has 1 heterocycles. The van der Waals surface area contributed by atoms with E-state index >= 15 is 0 Å². The van der Waals surface area contributed by atoms with Crippen LogP contribution in [0.25, 0.3) is 0 Å². The first kappa shape index (κ1) is 11.0. The van der Waals surface area contributed by atoms with E-state index in [-0.39, 0.29) is 11.2 Å². The summed E-state index contributed by atoms with van der Waals surface area (Å²) in [6, 6.07) is 0. The monoisotopic (exact) mass is 206 g/mol. The van der Waals surface area contributed by atoms with Gasteiger partial charge in [-0.3, -0.25) is 4.79 Å². The van der Waals surface area contributed by atoms with Crippen molar-refractivity contribution in [3.8, 4) is 0 Å². The molecule has 1 atom stereocenters. The minimum Gasteiger partial charge on any atom is -0.348 e. The molecule has 0 aromatic carbocycles. The molecule has 0 aliphatic carbocycles. The summed E-state index contributed by atoms with van der Waals surface area (Å²) in [5.41, 5.74) is 0. The summed E-state index contributed by atoms with van der Waals surface area (Å²) in [4.78, 5) is 10.5. The largest absolute Gasteiger partial charge is 0.348 e. The Bertz CT molecular complexity index is 193. The fraction of sp³-hybridized carbons (Fsp3) is 0.875. The minimum atomic E-state index is -0.519. The fourth-order valence-electron chi connectivity index (χ4n) is 1.04. The van der Waals surface area contributed by atoms with Gasteiger partial charge in [-0.2, -0.15) is 0 Å². The highest BCUT2D eigenvalue weighted by Gasteiger charge is 2.32. The normalized spacial score (nSPS) is 26.2. The van der Waals surface area contributed by atoms with Gasteiger partial charge in [0.1, 0.15) is 6.10 Å². The number of ether oxygens (including phenoxy) is 2. The van der Waals surface area contributed by atoms with E-state index in [0.717, 1.165) is 12.0 Å². The molecule has 0 aromatic rings. The molecule has 0 spiro atoms. The third-order valence-electron chi connectivity index (χ3n) is 1.50. The molecule has 4 nitrogen and oxygen atoms in total. The number of carbonyl (C=O) groups is 1. The standard InChI is InChI=1S/C8H14O4S/c1-6(9)13-11-5-7-4-10-8(2,3)12-7/h7H,4-5H2,1-3H3. The molecule has 1 rings (SSSR count). The molecule has 1 aliphatic heterocycles. The Kier molecular flexibility index (Phi) is 3.73. The molecular weight excluding hydrogens is 192 g/mol. The van der Waals surface area contributed by atoms with Gasteiger partial charge in [-0.15, -0.1) is 0 Å². The molecule has 13 heavy (non-hydrogen) atoms. The van der Waals surface area contributed by atoms with E-state index in [2.05, 4.69) is 0 Å². The lowest BCUT2D eigenvalue weighted by molar-refractivity contribution is -0.141. The Hall–Kier alpha value is -0.100. The van der Waals surface area contributed by atoms with E-state index < -0.39 is 5.79 Å². The number of carbonyl (C=O) groups excluding carboxylic acids is 1. The van der Waals surface area contributed by atoms with Crippen LogP contribution in [0.5, 0.6) is 0 Å². The number of hydrogen-bond acceptors (Lipinski definition) is 5. The quantitative estimate of drug-likeness (QED) is 0.652. The lowest BCUT2D eigenvalue weighted by Gasteiger charge is -2.16. The third kappa shape index (κ3) is 4.08. The van der Waals surface area contributed by atoms with Crippen LogP contribution in [0.3, 0.4) is 0 Å². The molecule has 1 saturated heterocycles. The number of rotatable bonds is 3. The van der Waals surface area contributed by atoms with Crippen LogP contribution in [0.4, 0.5) is 0 Å². The second-order valence-corrected chi connectivity index (χ2v) is 4.29. The van der Waals surface area contributed by atoms with E-state index in [1.165, 1.54) is 6.92 Å². The second-order valence-electron chi connectivity index (χ2n) is 3.31. The molecule has 1 unspecified atom stereocenters. The summed E-state index contributed by atoms with van der Waals surface area (Å²) in [5, 5.41) is -0.0572. The lowest BCUT2D eigenvalue weighted by Crippen LogP contribution is -2.23. The van der Waals surface area contributed by atoms with Gasteiger partial charge in [-0.1, -0.05) is 0 Å². The summed E-state index contributed by atoms with van der Waals surface area (Å²) in [6.45, 7) is 6.07. The Morgan fingerprint density at radius 3 is 2.85 bits per heavy atom. The predicted octanol–water partition coefficient (Wildman–Crippen LogP) is 1.35. The van der Waals surface area contributed by atoms with Gasteiger partial charge in [-0.25, -0.2) is 0 Å². The average molecular weight is 206 g/mol. The lowest BCUT2D eigenvalue weighted by atomic mass is 10.4. The third-order valence-corrected chi connectivity index (χ3v) is 1.99. The van der Waals surface area contributed by atoms with Gasteiger partial charge in [0.25, 0.3) is 0 Å². The van der Waals surface area contributed by atoms with E-state index in [4.69, 9.17) is 13.7 Å². The maximum atomic E-state index is 10.5. The van der Waals surface area contributed by atoms with Crippen LogP contribution in [0.15, 0.2) is 0 Å². The summed E-state index contributed by atoms with van der Waals surface area (Å²) >= 11 is 0.844. The van der Waals surface area contributed by atoms with Crippen molar-refractivity contribution in [2.75, 3.05) is 13.2 Å². The van der Waals surface area contributed by atoms with Gasteiger partial charge < -0.3 is 13.7 Å². The first-order chi connectivity index (χ1) is 5.99. The van der Waals surface area contributed by atoms with Crippen molar-refractivity contribution in [3.63, 3.8) is 0 Å². The SMILES string of the molecule is CC(=O)SOCC1COC(C)(C)O1. The van der Waals surface area contributed by atoms with Gasteiger partial charge in [-0.05, 0) is 13.8 Å². The first-order valence-corrected chi connectivity index (χ1v) is 4.85. The van der Waals surface area contributed by atoms with Crippen LogP contribution in [0.2, 0.25) is 0 Å². The van der Waals surface area contributed by atoms with E-state index in [1.807, 2.05) is 13.8 Å². The maximum absolute atomic E-state index is 10.5. The van der Waals surface area contributed by atoms with Crippen LogP contribution < -0.4 is 0 Å². The molecule has 0 N–H and O–H groups in total. The Morgan fingerprint density at radius 1 is 1.69 bits per heavy atom. The molecule has 0 saturated carbocycles. The average Bonchev–Trinajstić information content (AvgIpc) is 2.29. The van der Waals surface area contributed by atoms with Crippen LogP contribution in [-0.4, -0.2) is 30.2 Å². The van der Waals surface area contributed by atoms with Gasteiger partial charge in [0.05, 0.1) is 25.3 Å². The first-order valence-electron chi connectivity index (χ1n) is 4.11. The highest BCUT2D eigenvalue weighted by atomic mass is 32.2. The second kappa shape index (κ2) is 4.41. The van der Waals surface area contributed by atoms with Crippen LogP contribution in [0, 0.1) is 0 Å². The maximum Gasteiger partial charge on any atom is 0.212 e. The van der Waals surface area contributed by atoms with Crippen LogP contribution in [-0.2, 0) is 18.5 Å². The van der Waals surface area contributed by atoms with Crippen LogP contribution in [0.1, 0.15) is 20.8 Å². The number of hydrogen-bond donors (Lipinski definition) is 0. The zero-order valence-electron chi connectivity index (χ0n) is 8.03. The zero-order valence-corrected chi connectivity index (χ0v) is 8.85. The van der Waals surface area contributed by atoms with E-state index in [1.54, 1.807) is 0 Å². The predicted molar refractivity (Wildman–Crippen MR) is 49.1 cm³/mol. The Morgan fingerprint density at radius 2 is 2.38 bits per heavy atom. The molecule has 1 fully saturated rings. The minimum absolute atomic E-state index is 0.0572. The molecule has 0 bridgehead atoms. The zero-order chi connectivity index (χ0) is 9.90. The summed E-state index contributed by atoms with van der Waals surface area (Å²) in [6.07, 6.45) is -0.0677. The van der Waals surface area contributed by atoms with Crippen molar-refractivity contribution in [1.82, 2.24) is 0 Å². The molecule has 0 aromatic heterocycles. The van der Waals surface area contributed by atoms with Crippen molar-refractivity contribution in [2.24, 2.45) is 0 Å². The molecule has 0 radical (unpaired) electrons. The highest BCUT2D eigenvalue weighted by Crippen LogP contribution is 2.23. The molecule has 1 aliphatic rings. The molecule has 0 amide bonds. The Balaban J connectivity index is 2.14. The van der Waals surface area contributed by atoms with E-state index in [9.17, 15) is 4.79 Å². The molecular formula is C8H14O4S. The van der Waals surface area contributed by atoms with E-state index in [0.29, 0.717) is 13.2 Å². The van der Waals surface area contributed by atoms with Gasteiger partial charge in [0, 0.05) is 6.92 Å². The van der Waals surface area contributed by atoms with Crippen molar-refractivity contribution < 1.29 is 18.5 Å². The van der Waals surface area contributed by atoms with Gasteiger partial charge >= 0.3 is 0 Å². The van der Waals surface area contributed by atoms with Crippen molar-refractivity contribution in [3.05, 3.63) is 0 Å². The van der Waals surface area contributed by atoms with Crippen LogP contribution >= 0.6 is 12.0 Å². The van der Waals surface area contributed by atoms with Gasteiger partial charge in [0.15, 0.2) is 5.79 Å². The van der Waals surface area contributed by atoms with Crippen molar-refractivity contribution in [1.29, 1.82) is 0 Å². The van der Waals surface area contributed by atoms with Crippen molar-refractivity contribution >= 4 is 17.2 Å². The Labute approximate surface area is 82.1 Å². The highest BCUT2D eigenvalue weighted by molar-refractivity contribution is 8.09. The van der Waals surface area contributed by atoms with Gasteiger partial charge in [0.2, 0.25) is 5.12 Å². The topological polar surface area (TPSA) is 44.8 Å². The molecule has 5 heteroatoms. The fourth-order valence-corrected chi connectivity index (χ4v) is 1.42. The molecule has 76 valence electrons. The van der Waals surface area contributed by atoms with Crippen molar-refractivity contribution in [2.45, 2.75) is 32.7 Å². The summed E-state index contributed by atoms with van der Waals surface area (Å²) < 4.78 is 15.8. The summed E-state index contributed by atoms with van der Waals surface area (Å²) in [5.74, 6) is -0.519. The smallest absolute Gasteiger partial charge is 0.212 e.